The number of benzene rings is 1. The van der Waals surface area contributed by atoms with Crippen molar-refractivity contribution in [2.45, 2.75) is 18.9 Å². The molecule has 1 unspecified atom stereocenters. The van der Waals surface area contributed by atoms with Gasteiger partial charge in [0.2, 0.25) is 0 Å². The molecule has 100 valence electrons. The molecule has 0 aliphatic carbocycles. The van der Waals surface area contributed by atoms with Crippen molar-refractivity contribution in [2.24, 2.45) is 5.90 Å². The SMILES string of the molecule is COc1ccc(CCON)cc1OC1CCSC1. The molecule has 2 rings (SSSR count). The molecule has 1 fully saturated rings. The second-order valence-corrected chi connectivity index (χ2v) is 5.36. The molecule has 1 heterocycles. The lowest BCUT2D eigenvalue weighted by molar-refractivity contribution is 0.141. The quantitative estimate of drug-likeness (QED) is 0.801. The maximum atomic E-state index is 6.00. The third kappa shape index (κ3) is 3.54. The van der Waals surface area contributed by atoms with Crippen LogP contribution in [0.25, 0.3) is 0 Å². The number of thioether (sulfide) groups is 1. The highest BCUT2D eigenvalue weighted by molar-refractivity contribution is 7.99. The van der Waals surface area contributed by atoms with E-state index < -0.39 is 0 Å². The van der Waals surface area contributed by atoms with Gasteiger partial charge in [-0.25, -0.2) is 5.90 Å². The second-order valence-electron chi connectivity index (χ2n) is 4.21. The van der Waals surface area contributed by atoms with E-state index in [0.29, 0.717) is 12.7 Å². The molecule has 1 aromatic rings. The number of ether oxygens (including phenoxy) is 2. The van der Waals surface area contributed by atoms with E-state index in [2.05, 4.69) is 4.84 Å². The van der Waals surface area contributed by atoms with E-state index in [4.69, 9.17) is 15.4 Å². The summed E-state index contributed by atoms with van der Waals surface area (Å²) in [5.41, 5.74) is 1.14. The van der Waals surface area contributed by atoms with Crippen LogP contribution in [0.4, 0.5) is 0 Å². The van der Waals surface area contributed by atoms with Crippen molar-refractivity contribution in [1.29, 1.82) is 0 Å². The highest BCUT2D eigenvalue weighted by atomic mass is 32.2. The minimum atomic E-state index is 0.296. The summed E-state index contributed by atoms with van der Waals surface area (Å²) in [7, 11) is 1.66. The molecule has 18 heavy (non-hydrogen) atoms. The molecular formula is C13H19NO3S. The maximum absolute atomic E-state index is 6.00. The van der Waals surface area contributed by atoms with Gasteiger partial charge in [0.1, 0.15) is 6.10 Å². The van der Waals surface area contributed by atoms with Gasteiger partial charge in [-0.1, -0.05) is 6.07 Å². The van der Waals surface area contributed by atoms with Crippen LogP contribution in [0.15, 0.2) is 18.2 Å². The first-order valence-corrected chi connectivity index (χ1v) is 7.22. The van der Waals surface area contributed by atoms with Crippen LogP contribution >= 0.6 is 11.8 Å². The van der Waals surface area contributed by atoms with Gasteiger partial charge in [-0.2, -0.15) is 11.8 Å². The Bertz CT molecular complexity index is 380. The fraction of sp³-hybridized carbons (Fsp3) is 0.538. The van der Waals surface area contributed by atoms with E-state index in [1.165, 1.54) is 5.75 Å². The first kappa shape index (κ1) is 13.5. The van der Waals surface area contributed by atoms with Gasteiger partial charge in [-0.05, 0) is 36.3 Å². The van der Waals surface area contributed by atoms with Crippen LogP contribution in [0.3, 0.4) is 0 Å². The number of hydrogen-bond donors (Lipinski definition) is 1. The molecule has 5 heteroatoms. The summed E-state index contributed by atoms with van der Waals surface area (Å²) in [5.74, 6) is 8.87. The van der Waals surface area contributed by atoms with Crippen LogP contribution in [-0.2, 0) is 11.3 Å². The lowest BCUT2D eigenvalue weighted by atomic mass is 10.1. The molecule has 1 aliphatic heterocycles. The second kappa shape index (κ2) is 6.87. The number of methoxy groups -OCH3 is 1. The average molecular weight is 269 g/mol. The summed E-state index contributed by atoms with van der Waals surface area (Å²) < 4.78 is 11.3. The van der Waals surface area contributed by atoms with E-state index in [9.17, 15) is 0 Å². The van der Waals surface area contributed by atoms with E-state index in [1.807, 2.05) is 30.0 Å². The zero-order valence-electron chi connectivity index (χ0n) is 10.6. The minimum Gasteiger partial charge on any atom is -0.493 e. The fourth-order valence-corrected chi connectivity index (χ4v) is 3.02. The van der Waals surface area contributed by atoms with Crippen molar-refractivity contribution in [3.05, 3.63) is 23.8 Å². The first-order chi connectivity index (χ1) is 8.83. The first-order valence-electron chi connectivity index (χ1n) is 6.06. The van der Waals surface area contributed by atoms with Crippen LogP contribution < -0.4 is 15.4 Å². The molecule has 1 saturated heterocycles. The Balaban J connectivity index is 2.08. The van der Waals surface area contributed by atoms with Crippen molar-refractivity contribution in [3.8, 4) is 11.5 Å². The van der Waals surface area contributed by atoms with Gasteiger partial charge in [-0.3, -0.25) is 0 Å². The molecular weight excluding hydrogens is 250 g/mol. The Morgan fingerprint density at radius 2 is 2.28 bits per heavy atom. The molecule has 1 aromatic carbocycles. The van der Waals surface area contributed by atoms with Crippen molar-refractivity contribution < 1.29 is 14.3 Å². The van der Waals surface area contributed by atoms with Gasteiger partial charge in [0, 0.05) is 5.75 Å². The van der Waals surface area contributed by atoms with E-state index in [0.717, 1.165) is 35.7 Å². The highest BCUT2D eigenvalue weighted by Gasteiger charge is 2.19. The molecule has 2 N–H and O–H groups in total. The molecule has 0 aromatic heterocycles. The Hall–Kier alpha value is -0.910. The van der Waals surface area contributed by atoms with Gasteiger partial charge in [0.25, 0.3) is 0 Å². The van der Waals surface area contributed by atoms with Crippen LogP contribution in [0.2, 0.25) is 0 Å². The van der Waals surface area contributed by atoms with Gasteiger partial charge >= 0.3 is 0 Å². The predicted molar refractivity (Wildman–Crippen MR) is 73.2 cm³/mol. The third-order valence-corrected chi connectivity index (χ3v) is 4.05. The largest absolute Gasteiger partial charge is 0.493 e. The zero-order chi connectivity index (χ0) is 12.8. The lowest BCUT2D eigenvalue weighted by Gasteiger charge is -2.16. The molecule has 4 nitrogen and oxygen atoms in total. The monoisotopic (exact) mass is 269 g/mol. The minimum absolute atomic E-state index is 0.296. The summed E-state index contributed by atoms with van der Waals surface area (Å²) >= 11 is 1.93. The van der Waals surface area contributed by atoms with Crippen LogP contribution in [0, 0.1) is 0 Å². The lowest BCUT2D eigenvalue weighted by Crippen LogP contribution is -2.15. The molecule has 0 spiro atoms. The zero-order valence-corrected chi connectivity index (χ0v) is 11.4. The molecule has 0 bridgehead atoms. The topological polar surface area (TPSA) is 53.7 Å². The summed E-state index contributed by atoms with van der Waals surface area (Å²) in [6, 6.07) is 5.96. The summed E-state index contributed by atoms with van der Waals surface area (Å²) in [5, 5.41) is 0. The van der Waals surface area contributed by atoms with Gasteiger partial charge in [0.15, 0.2) is 11.5 Å². The normalized spacial score (nSPS) is 18.9. The Kier molecular flexibility index (Phi) is 5.16. The van der Waals surface area contributed by atoms with E-state index in [-0.39, 0.29) is 0 Å². The average Bonchev–Trinajstić information content (AvgIpc) is 2.89. The Labute approximate surface area is 112 Å². The number of rotatable bonds is 6. The van der Waals surface area contributed by atoms with E-state index in [1.54, 1.807) is 7.11 Å². The van der Waals surface area contributed by atoms with Crippen LogP contribution in [0.1, 0.15) is 12.0 Å². The number of nitrogens with two attached hydrogens (primary N) is 1. The standard InChI is InChI=1S/C13H19NO3S/c1-15-12-3-2-10(4-6-16-14)8-13(12)17-11-5-7-18-9-11/h2-3,8,11H,4-7,9,14H2,1H3. The van der Waals surface area contributed by atoms with E-state index >= 15 is 0 Å². The molecule has 1 atom stereocenters. The Morgan fingerprint density at radius 1 is 1.39 bits per heavy atom. The van der Waals surface area contributed by atoms with Crippen molar-refractivity contribution in [1.82, 2.24) is 0 Å². The smallest absolute Gasteiger partial charge is 0.161 e. The molecule has 0 saturated carbocycles. The summed E-state index contributed by atoms with van der Waals surface area (Å²) in [6.07, 6.45) is 2.17. The summed E-state index contributed by atoms with van der Waals surface area (Å²) in [6.45, 7) is 0.505. The molecule has 0 amide bonds. The Morgan fingerprint density at radius 3 is 2.94 bits per heavy atom. The number of hydrogen-bond acceptors (Lipinski definition) is 5. The molecule has 1 aliphatic rings. The summed E-state index contributed by atoms with van der Waals surface area (Å²) in [4.78, 5) is 4.60. The van der Waals surface area contributed by atoms with Gasteiger partial charge in [0.05, 0.1) is 13.7 Å². The maximum Gasteiger partial charge on any atom is 0.161 e. The third-order valence-electron chi connectivity index (χ3n) is 2.92. The predicted octanol–water partition coefficient (Wildman–Crippen LogP) is 2.01. The van der Waals surface area contributed by atoms with Crippen LogP contribution in [-0.4, -0.2) is 31.3 Å². The van der Waals surface area contributed by atoms with Crippen molar-refractivity contribution >= 4 is 11.8 Å². The van der Waals surface area contributed by atoms with Crippen molar-refractivity contribution in [3.63, 3.8) is 0 Å². The van der Waals surface area contributed by atoms with Gasteiger partial charge < -0.3 is 14.3 Å². The highest BCUT2D eigenvalue weighted by Crippen LogP contribution is 2.31. The van der Waals surface area contributed by atoms with Gasteiger partial charge in [-0.15, -0.1) is 0 Å². The fourth-order valence-electron chi connectivity index (χ4n) is 1.93. The van der Waals surface area contributed by atoms with Crippen molar-refractivity contribution in [2.75, 3.05) is 25.2 Å². The molecule has 0 radical (unpaired) electrons. The van der Waals surface area contributed by atoms with Crippen LogP contribution in [0.5, 0.6) is 11.5 Å².